The maximum absolute atomic E-state index is 11.4. The molecule has 4 N–H and O–H groups in total. The van der Waals surface area contributed by atoms with Crippen LogP contribution in [0.25, 0.3) is 0 Å². The molecule has 0 aliphatic carbocycles. The van der Waals surface area contributed by atoms with Crippen LogP contribution in [0.15, 0.2) is 9.98 Å². The van der Waals surface area contributed by atoms with Crippen molar-refractivity contribution in [2.24, 2.45) is 15.7 Å². The van der Waals surface area contributed by atoms with Crippen molar-refractivity contribution in [1.29, 1.82) is 0 Å². The maximum atomic E-state index is 11.4. The molecule has 0 saturated heterocycles. The molecular weight excluding hydrogens is 298 g/mol. The Balaban J connectivity index is 4.90. The van der Waals surface area contributed by atoms with Gasteiger partial charge in [0.15, 0.2) is 5.03 Å². The van der Waals surface area contributed by atoms with E-state index in [1.807, 2.05) is 0 Å². The fraction of sp³-hybridized carbons (Fsp3) is 0.727. The molecule has 0 aromatic heterocycles. The van der Waals surface area contributed by atoms with Gasteiger partial charge in [-0.3, -0.25) is 0 Å². The lowest BCUT2D eigenvalue weighted by atomic mass is 10.1. The molecule has 0 bridgehead atoms. The van der Waals surface area contributed by atoms with Gasteiger partial charge in [-0.2, -0.15) is 4.99 Å². The first-order valence-corrected chi connectivity index (χ1v) is 6.26. The number of carbonyl (C=O) groups excluding carboxylic acids is 1. The number of rotatable bonds is 8. The molecule has 124 valence electrons. The van der Waals surface area contributed by atoms with Crippen molar-refractivity contribution < 1.29 is 24.5 Å². The summed E-state index contributed by atoms with van der Waals surface area (Å²) >= 11 is 0. The van der Waals surface area contributed by atoms with Gasteiger partial charge in [-0.05, 0) is 27.2 Å². The average molecular weight is 317 g/mol. The Morgan fingerprint density at radius 1 is 1.50 bits per heavy atom. The van der Waals surface area contributed by atoms with Gasteiger partial charge >= 0.3 is 5.97 Å². The van der Waals surface area contributed by atoms with Crippen molar-refractivity contribution in [2.75, 3.05) is 6.54 Å². The number of nitrogens with zero attached hydrogens (tertiary/aromatic N) is 3. The summed E-state index contributed by atoms with van der Waals surface area (Å²) in [5.41, 5.74) is 3.90. The van der Waals surface area contributed by atoms with Crippen LogP contribution < -0.4 is 11.2 Å². The summed E-state index contributed by atoms with van der Waals surface area (Å²) in [6.45, 7) is 4.83. The fourth-order valence-electron chi connectivity index (χ4n) is 1.56. The summed E-state index contributed by atoms with van der Waals surface area (Å²) in [7, 11) is 0. The van der Waals surface area contributed by atoms with Gasteiger partial charge in [0.05, 0.1) is 5.60 Å². The molecule has 0 aromatic rings. The van der Waals surface area contributed by atoms with Crippen molar-refractivity contribution in [3.8, 4) is 0 Å². The highest BCUT2D eigenvalue weighted by atomic mass is 16.7. The molecular formula is C11H19N5O6. The first kappa shape index (κ1) is 19.5. The Morgan fingerprint density at radius 3 is 2.50 bits per heavy atom. The molecule has 0 saturated carbocycles. The maximum Gasteiger partial charge on any atom is 0.360 e. The van der Waals surface area contributed by atoms with Crippen LogP contribution in [-0.2, 0) is 14.3 Å². The molecule has 0 aromatic carbocycles. The summed E-state index contributed by atoms with van der Waals surface area (Å²) in [6, 6.07) is 0. The van der Waals surface area contributed by atoms with Crippen molar-refractivity contribution in [1.82, 2.24) is 5.43 Å². The summed E-state index contributed by atoms with van der Waals surface area (Å²) in [5.74, 6) is -1.85. The Morgan fingerprint density at radius 2 is 2.09 bits per heavy atom. The number of aliphatic carboxylic acids is 1. The second-order valence-corrected chi connectivity index (χ2v) is 5.25. The molecule has 0 spiro atoms. The van der Waals surface area contributed by atoms with Crippen LogP contribution >= 0.6 is 0 Å². The summed E-state index contributed by atoms with van der Waals surface area (Å²) < 4.78 is 5.37. The Labute approximate surface area is 126 Å². The van der Waals surface area contributed by atoms with Crippen molar-refractivity contribution in [3.63, 3.8) is 0 Å². The molecule has 0 fully saturated rings. The number of nitro groups is 1. The van der Waals surface area contributed by atoms with E-state index in [2.05, 4.69) is 9.98 Å². The largest absolute Gasteiger partial charge is 0.478 e. The zero-order chi connectivity index (χ0) is 17.4. The van der Waals surface area contributed by atoms with Gasteiger partial charge in [-0.1, -0.05) is 5.43 Å². The number of carbonyl (C=O) groups is 1. The quantitative estimate of drug-likeness (QED) is 0.138. The van der Waals surface area contributed by atoms with Crippen LogP contribution in [0.5, 0.6) is 0 Å². The number of hydrogen-bond donors (Lipinski definition) is 3. The standard InChI is InChI=1S/C11H19N5O6/c1-10(2,3)22-11(8(18)19,14-7-17)5-4-6-13-9(12)15-16(20)21/h4-6H2,1-3H3,(H,18,19)(H3,12,13,15)/t11-/m1/s1. The van der Waals surface area contributed by atoms with E-state index in [4.69, 9.17) is 10.5 Å². The van der Waals surface area contributed by atoms with Crippen LogP contribution in [0.2, 0.25) is 0 Å². The number of nitrogens with two attached hydrogens (primary N) is 1. The van der Waals surface area contributed by atoms with Gasteiger partial charge in [0.2, 0.25) is 6.08 Å². The third kappa shape index (κ3) is 7.31. The molecule has 11 nitrogen and oxygen atoms in total. The Kier molecular flexibility index (Phi) is 7.13. The highest BCUT2D eigenvalue weighted by molar-refractivity contribution is 5.78. The topological polar surface area (TPSA) is 170 Å². The lowest BCUT2D eigenvalue weighted by Crippen LogP contribution is -2.45. The van der Waals surface area contributed by atoms with Crippen LogP contribution in [-0.4, -0.2) is 46.0 Å². The van der Waals surface area contributed by atoms with E-state index < -0.39 is 28.3 Å². The molecule has 0 radical (unpaired) electrons. The summed E-state index contributed by atoms with van der Waals surface area (Å²) in [5, 5.41) is 18.5. The minimum atomic E-state index is -2.08. The molecule has 0 heterocycles. The third-order valence-corrected chi connectivity index (χ3v) is 2.20. The number of hydrogen-bond acceptors (Lipinski definition) is 7. The van der Waals surface area contributed by atoms with Gasteiger partial charge in [0, 0.05) is 13.0 Å². The third-order valence-electron chi connectivity index (χ3n) is 2.20. The van der Waals surface area contributed by atoms with E-state index in [0.717, 1.165) is 0 Å². The molecule has 22 heavy (non-hydrogen) atoms. The summed E-state index contributed by atoms with van der Waals surface area (Å²) in [4.78, 5) is 38.9. The van der Waals surface area contributed by atoms with Crippen molar-refractivity contribution in [2.45, 2.75) is 44.9 Å². The number of nitrogens with one attached hydrogen (secondary N) is 1. The number of aliphatic imine (C=N–C) groups is 2. The molecule has 11 heteroatoms. The average Bonchev–Trinajstić information content (AvgIpc) is 2.31. The first-order chi connectivity index (χ1) is 10.0. The highest BCUT2D eigenvalue weighted by Gasteiger charge is 2.43. The smallest absolute Gasteiger partial charge is 0.360 e. The lowest BCUT2D eigenvalue weighted by molar-refractivity contribution is -0.525. The Hall–Kier alpha value is -2.52. The number of hydrazine groups is 1. The van der Waals surface area contributed by atoms with Crippen molar-refractivity contribution in [3.05, 3.63) is 10.1 Å². The van der Waals surface area contributed by atoms with E-state index in [0.29, 0.717) is 0 Å². The first-order valence-electron chi connectivity index (χ1n) is 6.26. The number of guanidine groups is 1. The number of ether oxygens (including phenoxy) is 1. The fourth-order valence-corrected chi connectivity index (χ4v) is 1.56. The second-order valence-electron chi connectivity index (χ2n) is 5.25. The number of isocyanates is 1. The van der Waals surface area contributed by atoms with Gasteiger partial charge < -0.3 is 15.6 Å². The summed E-state index contributed by atoms with van der Waals surface area (Å²) in [6.07, 6.45) is 1.14. The second kappa shape index (κ2) is 8.05. The zero-order valence-corrected chi connectivity index (χ0v) is 12.5. The van der Waals surface area contributed by atoms with E-state index in [1.165, 1.54) is 6.08 Å². The highest BCUT2D eigenvalue weighted by Crippen LogP contribution is 2.27. The Bertz CT molecular complexity index is 490. The van der Waals surface area contributed by atoms with Gasteiger partial charge in [-0.25, -0.2) is 24.7 Å². The van der Waals surface area contributed by atoms with Crippen LogP contribution in [0.1, 0.15) is 33.6 Å². The predicted molar refractivity (Wildman–Crippen MR) is 75.2 cm³/mol. The molecule has 0 unspecified atom stereocenters. The van der Waals surface area contributed by atoms with E-state index in [-0.39, 0.29) is 19.4 Å². The monoisotopic (exact) mass is 317 g/mol. The van der Waals surface area contributed by atoms with Gasteiger partial charge in [-0.15, -0.1) is 0 Å². The zero-order valence-electron chi connectivity index (χ0n) is 12.5. The molecule has 1 atom stereocenters. The van der Waals surface area contributed by atoms with Crippen LogP contribution in [0.4, 0.5) is 0 Å². The molecule has 0 rings (SSSR count). The SMILES string of the molecule is CC(C)(C)O[C@@](CCCN=C(N)N[N+](=O)[O-])(N=C=O)C(=O)O. The minimum Gasteiger partial charge on any atom is -0.478 e. The van der Waals surface area contributed by atoms with Crippen molar-refractivity contribution >= 4 is 18.0 Å². The molecule has 0 aliphatic heterocycles. The van der Waals surface area contributed by atoms with Gasteiger partial charge in [0.1, 0.15) is 0 Å². The van der Waals surface area contributed by atoms with E-state index in [9.17, 15) is 24.8 Å². The van der Waals surface area contributed by atoms with Crippen LogP contribution in [0, 0.1) is 10.1 Å². The number of carboxylic acids is 1. The van der Waals surface area contributed by atoms with E-state index >= 15 is 0 Å². The predicted octanol–water partition coefficient (Wildman–Crippen LogP) is -0.206. The molecule has 0 aliphatic rings. The molecule has 0 amide bonds. The van der Waals surface area contributed by atoms with E-state index in [1.54, 1.807) is 26.2 Å². The number of carboxylic acid groups (broad SMARTS) is 1. The minimum absolute atomic E-state index is 0.0103. The normalized spacial score (nSPS) is 14.6. The lowest BCUT2D eigenvalue weighted by Gasteiger charge is -2.31. The van der Waals surface area contributed by atoms with Gasteiger partial charge in [0.25, 0.3) is 11.7 Å². The van der Waals surface area contributed by atoms with Crippen LogP contribution in [0.3, 0.4) is 0 Å².